The molecule has 1 aromatic carbocycles. The molecular formula is C18H21ClN2O2. The Labute approximate surface area is 141 Å². The molecule has 0 atom stereocenters. The van der Waals surface area contributed by atoms with E-state index in [9.17, 15) is 9.59 Å². The minimum absolute atomic E-state index is 0.0212. The number of hydrogen-bond acceptors (Lipinski definition) is 2. The molecule has 1 heterocycles. The predicted molar refractivity (Wildman–Crippen MR) is 92.2 cm³/mol. The third kappa shape index (κ3) is 3.64. The Hall–Kier alpha value is -2.07. The standard InChI is InChI=1S/C18H21ClN2O2/c1-5-15-16(12(3)22)11(2)20-17(15)18(23)21(4)10-13-7-6-8-14(19)9-13/h6-9,20H,5,10H2,1-4H3. The normalized spacial score (nSPS) is 10.7. The maximum Gasteiger partial charge on any atom is 0.270 e. The van der Waals surface area contributed by atoms with Gasteiger partial charge in [-0.25, -0.2) is 0 Å². The Morgan fingerprint density at radius 1 is 1.30 bits per heavy atom. The van der Waals surface area contributed by atoms with E-state index < -0.39 is 0 Å². The van der Waals surface area contributed by atoms with E-state index in [1.807, 2.05) is 32.0 Å². The summed E-state index contributed by atoms with van der Waals surface area (Å²) in [5.74, 6) is -0.149. The summed E-state index contributed by atoms with van der Waals surface area (Å²) >= 11 is 5.98. The van der Waals surface area contributed by atoms with Crippen molar-refractivity contribution in [2.75, 3.05) is 7.05 Å². The molecule has 0 radical (unpaired) electrons. The van der Waals surface area contributed by atoms with Gasteiger partial charge in [0.05, 0.1) is 0 Å². The molecule has 0 saturated heterocycles. The number of amides is 1. The highest BCUT2D eigenvalue weighted by atomic mass is 35.5. The average molecular weight is 333 g/mol. The lowest BCUT2D eigenvalue weighted by Crippen LogP contribution is -2.27. The first-order valence-electron chi connectivity index (χ1n) is 7.57. The first-order chi connectivity index (χ1) is 10.8. The van der Waals surface area contributed by atoms with Crippen LogP contribution in [0.5, 0.6) is 0 Å². The van der Waals surface area contributed by atoms with Crippen molar-refractivity contribution in [2.24, 2.45) is 0 Å². The summed E-state index contributed by atoms with van der Waals surface area (Å²) in [7, 11) is 1.74. The highest BCUT2D eigenvalue weighted by molar-refractivity contribution is 6.30. The molecule has 0 fully saturated rings. The lowest BCUT2D eigenvalue weighted by atomic mass is 10.0. The number of aromatic nitrogens is 1. The van der Waals surface area contributed by atoms with Crippen molar-refractivity contribution < 1.29 is 9.59 Å². The van der Waals surface area contributed by atoms with E-state index in [1.54, 1.807) is 18.0 Å². The van der Waals surface area contributed by atoms with Crippen LogP contribution in [0, 0.1) is 6.92 Å². The van der Waals surface area contributed by atoms with Gasteiger partial charge in [0.1, 0.15) is 5.69 Å². The molecule has 4 nitrogen and oxygen atoms in total. The van der Waals surface area contributed by atoms with Crippen LogP contribution in [0.1, 0.15) is 51.5 Å². The second-order valence-electron chi connectivity index (χ2n) is 5.68. The van der Waals surface area contributed by atoms with E-state index in [1.165, 1.54) is 6.92 Å². The lowest BCUT2D eigenvalue weighted by molar-refractivity contribution is 0.0778. The van der Waals surface area contributed by atoms with Gasteiger partial charge >= 0.3 is 0 Å². The second-order valence-corrected chi connectivity index (χ2v) is 6.12. The average Bonchev–Trinajstić information content (AvgIpc) is 2.83. The number of nitrogens with one attached hydrogen (secondary N) is 1. The Morgan fingerprint density at radius 3 is 2.57 bits per heavy atom. The third-order valence-corrected chi connectivity index (χ3v) is 4.10. The van der Waals surface area contributed by atoms with Crippen molar-refractivity contribution in [3.63, 3.8) is 0 Å². The Kier molecular flexibility index (Phi) is 5.26. The summed E-state index contributed by atoms with van der Waals surface area (Å²) in [6.45, 7) is 5.75. The van der Waals surface area contributed by atoms with Gasteiger partial charge in [0.15, 0.2) is 5.78 Å². The highest BCUT2D eigenvalue weighted by Gasteiger charge is 2.23. The number of carbonyl (C=O) groups excluding carboxylic acids is 2. The summed E-state index contributed by atoms with van der Waals surface area (Å²) in [5, 5.41) is 0.646. The fourth-order valence-corrected chi connectivity index (χ4v) is 3.07. The molecule has 122 valence electrons. The van der Waals surface area contributed by atoms with Crippen LogP contribution >= 0.6 is 11.6 Å². The molecule has 0 bridgehead atoms. The maximum absolute atomic E-state index is 12.8. The number of benzene rings is 1. The molecule has 0 unspecified atom stereocenters. The number of ketones is 1. The van der Waals surface area contributed by atoms with Crippen LogP contribution in [0.25, 0.3) is 0 Å². The van der Waals surface area contributed by atoms with Gasteiger partial charge in [-0.15, -0.1) is 0 Å². The molecule has 0 aliphatic rings. The van der Waals surface area contributed by atoms with Gasteiger partial charge in [-0.3, -0.25) is 9.59 Å². The van der Waals surface area contributed by atoms with Crippen LogP contribution in [0.3, 0.4) is 0 Å². The number of halogens is 1. The molecule has 0 aliphatic carbocycles. The third-order valence-electron chi connectivity index (χ3n) is 3.87. The molecule has 5 heteroatoms. The highest BCUT2D eigenvalue weighted by Crippen LogP contribution is 2.22. The first-order valence-corrected chi connectivity index (χ1v) is 7.95. The van der Waals surface area contributed by atoms with E-state index in [0.29, 0.717) is 29.2 Å². The molecule has 1 aromatic heterocycles. The summed E-state index contributed by atoms with van der Waals surface area (Å²) < 4.78 is 0. The molecule has 2 rings (SSSR count). The van der Waals surface area contributed by atoms with Gasteiger partial charge in [0, 0.05) is 29.9 Å². The summed E-state index contributed by atoms with van der Waals surface area (Å²) in [6, 6.07) is 7.43. The van der Waals surface area contributed by atoms with Gasteiger partial charge in [-0.05, 0) is 43.5 Å². The van der Waals surface area contributed by atoms with Gasteiger partial charge in [-0.2, -0.15) is 0 Å². The molecular weight excluding hydrogens is 312 g/mol. The number of rotatable bonds is 5. The second kappa shape index (κ2) is 7.01. The van der Waals surface area contributed by atoms with Crippen molar-refractivity contribution in [1.29, 1.82) is 0 Å². The van der Waals surface area contributed by atoms with Gasteiger partial charge in [-0.1, -0.05) is 30.7 Å². The zero-order chi connectivity index (χ0) is 17.1. The molecule has 1 amide bonds. The summed E-state index contributed by atoms with van der Waals surface area (Å²) in [5.41, 5.74) is 3.63. The molecule has 0 aliphatic heterocycles. The van der Waals surface area contributed by atoms with Crippen LogP contribution in [0.4, 0.5) is 0 Å². The van der Waals surface area contributed by atoms with Crippen molar-refractivity contribution >= 4 is 23.3 Å². The molecule has 0 spiro atoms. The quantitative estimate of drug-likeness (QED) is 0.841. The van der Waals surface area contributed by atoms with Crippen molar-refractivity contribution in [1.82, 2.24) is 9.88 Å². The number of aromatic amines is 1. The molecule has 1 N–H and O–H groups in total. The van der Waals surface area contributed by atoms with Crippen LogP contribution in [0.15, 0.2) is 24.3 Å². The number of hydrogen-bond donors (Lipinski definition) is 1. The molecule has 2 aromatic rings. The van der Waals surface area contributed by atoms with E-state index in [4.69, 9.17) is 11.6 Å². The Bertz CT molecular complexity index is 749. The van der Waals surface area contributed by atoms with Gasteiger partial charge in [0.25, 0.3) is 5.91 Å². The largest absolute Gasteiger partial charge is 0.354 e. The van der Waals surface area contributed by atoms with Crippen molar-refractivity contribution in [3.05, 3.63) is 57.4 Å². The van der Waals surface area contributed by atoms with Crippen LogP contribution in [0.2, 0.25) is 5.02 Å². The zero-order valence-corrected chi connectivity index (χ0v) is 14.6. The summed E-state index contributed by atoms with van der Waals surface area (Å²) in [6.07, 6.45) is 0.630. The van der Waals surface area contributed by atoms with Crippen molar-refractivity contribution in [2.45, 2.75) is 33.7 Å². The van der Waals surface area contributed by atoms with E-state index in [-0.39, 0.29) is 11.7 Å². The fraction of sp³-hybridized carbons (Fsp3) is 0.333. The van der Waals surface area contributed by atoms with Gasteiger partial charge in [0.2, 0.25) is 0 Å². The summed E-state index contributed by atoms with van der Waals surface area (Å²) in [4.78, 5) is 29.3. The number of nitrogens with zero attached hydrogens (tertiary/aromatic N) is 1. The number of aryl methyl sites for hydroxylation is 1. The zero-order valence-electron chi connectivity index (χ0n) is 13.9. The smallest absolute Gasteiger partial charge is 0.270 e. The minimum Gasteiger partial charge on any atom is -0.354 e. The van der Waals surface area contributed by atoms with Crippen LogP contribution in [-0.2, 0) is 13.0 Å². The predicted octanol–water partition coefficient (Wildman–Crippen LogP) is 4.01. The van der Waals surface area contributed by atoms with E-state index in [0.717, 1.165) is 16.8 Å². The lowest BCUT2D eigenvalue weighted by Gasteiger charge is -2.17. The Morgan fingerprint density at radius 2 is 2.00 bits per heavy atom. The minimum atomic E-state index is -0.127. The van der Waals surface area contributed by atoms with Crippen molar-refractivity contribution in [3.8, 4) is 0 Å². The Balaban J connectivity index is 2.29. The molecule has 23 heavy (non-hydrogen) atoms. The SMILES string of the molecule is CCc1c(C(=O)N(C)Cc2cccc(Cl)c2)[nH]c(C)c1C(C)=O. The number of H-pyrrole nitrogens is 1. The molecule has 0 saturated carbocycles. The maximum atomic E-state index is 12.8. The fourth-order valence-electron chi connectivity index (χ4n) is 2.86. The first kappa shape index (κ1) is 17.3. The monoisotopic (exact) mass is 332 g/mol. The van der Waals surface area contributed by atoms with Crippen LogP contribution in [-0.4, -0.2) is 28.6 Å². The van der Waals surface area contributed by atoms with Gasteiger partial charge < -0.3 is 9.88 Å². The number of carbonyl (C=O) groups is 2. The number of Topliss-reactive ketones (excluding diaryl/α,β-unsaturated/α-hetero) is 1. The van der Waals surface area contributed by atoms with E-state index >= 15 is 0 Å². The van der Waals surface area contributed by atoms with Crippen LogP contribution < -0.4 is 0 Å². The van der Waals surface area contributed by atoms with E-state index in [2.05, 4.69) is 4.98 Å². The topological polar surface area (TPSA) is 53.2 Å².